The van der Waals surface area contributed by atoms with Gasteiger partial charge in [0.05, 0.1) is 22.7 Å². The van der Waals surface area contributed by atoms with Gasteiger partial charge in [-0.15, -0.1) is 0 Å². The van der Waals surface area contributed by atoms with Gasteiger partial charge in [-0.2, -0.15) is 5.26 Å². The highest BCUT2D eigenvalue weighted by Crippen LogP contribution is 2.32. The number of benzene rings is 3. The molecule has 0 saturated carbocycles. The van der Waals surface area contributed by atoms with E-state index in [1.165, 1.54) is 21.9 Å². The molecule has 0 aliphatic carbocycles. The van der Waals surface area contributed by atoms with Gasteiger partial charge in [0.1, 0.15) is 0 Å². The topological polar surface area (TPSA) is 28.7 Å². The molecule has 0 radical (unpaired) electrons. The Labute approximate surface area is 128 Å². The molecule has 22 heavy (non-hydrogen) atoms. The van der Waals surface area contributed by atoms with Crippen molar-refractivity contribution >= 4 is 21.8 Å². The average Bonchev–Trinajstić information content (AvgIpc) is 2.88. The number of aromatic nitrogens is 1. The molecule has 0 spiro atoms. The fraction of sp³-hybridized carbons (Fsp3) is 0.0500. The summed E-state index contributed by atoms with van der Waals surface area (Å²) in [6.07, 6.45) is 0. The molecule has 0 atom stereocenters. The lowest BCUT2D eigenvalue weighted by Crippen LogP contribution is -1.93. The largest absolute Gasteiger partial charge is 0.309 e. The van der Waals surface area contributed by atoms with Crippen LogP contribution in [0, 0.1) is 18.3 Å². The summed E-state index contributed by atoms with van der Waals surface area (Å²) in [5.41, 5.74) is 5.28. The van der Waals surface area contributed by atoms with Gasteiger partial charge in [-0.05, 0) is 42.8 Å². The average molecular weight is 282 g/mol. The molecule has 3 aromatic carbocycles. The Morgan fingerprint density at radius 2 is 1.50 bits per heavy atom. The minimum Gasteiger partial charge on any atom is -0.309 e. The lowest BCUT2D eigenvalue weighted by molar-refractivity contribution is 1.18. The first kappa shape index (κ1) is 12.7. The molecule has 0 unspecified atom stereocenters. The van der Waals surface area contributed by atoms with Gasteiger partial charge in [0.25, 0.3) is 0 Å². The molecule has 1 heterocycles. The molecule has 0 aliphatic rings. The molecule has 4 aromatic rings. The molecule has 2 nitrogen and oxygen atoms in total. The summed E-state index contributed by atoms with van der Waals surface area (Å²) < 4.78 is 2.23. The number of hydrogen-bond donors (Lipinski definition) is 0. The van der Waals surface area contributed by atoms with Gasteiger partial charge in [0.15, 0.2) is 0 Å². The smallest absolute Gasteiger partial charge is 0.0992 e. The van der Waals surface area contributed by atoms with Gasteiger partial charge in [0, 0.05) is 16.5 Å². The Bertz CT molecular complexity index is 1030. The van der Waals surface area contributed by atoms with Crippen molar-refractivity contribution in [3.8, 4) is 11.8 Å². The van der Waals surface area contributed by atoms with E-state index < -0.39 is 0 Å². The van der Waals surface area contributed by atoms with E-state index in [2.05, 4.69) is 47.9 Å². The summed E-state index contributed by atoms with van der Waals surface area (Å²) in [4.78, 5) is 0. The molecule has 0 bridgehead atoms. The molecule has 2 heteroatoms. The number of rotatable bonds is 1. The van der Waals surface area contributed by atoms with Crippen LogP contribution >= 0.6 is 0 Å². The number of para-hydroxylation sites is 1. The minimum absolute atomic E-state index is 0.684. The van der Waals surface area contributed by atoms with E-state index in [0.29, 0.717) is 5.56 Å². The molecule has 0 amide bonds. The van der Waals surface area contributed by atoms with Crippen LogP contribution in [0.15, 0.2) is 66.7 Å². The van der Waals surface area contributed by atoms with Gasteiger partial charge in [-0.1, -0.05) is 36.4 Å². The molecule has 0 saturated heterocycles. The second kappa shape index (κ2) is 4.75. The molecule has 0 fully saturated rings. The van der Waals surface area contributed by atoms with Crippen LogP contribution in [-0.4, -0.2) is 4.57 Å². The second-order valence-corrected chi connectivity index (χ2v) is 5.54. The van der Waals surface area contributed by atoms with E-state index in [1.54, 1.807) is 0 Å². The monoisotopic (exact) mass is 282 g/mol. The van der Waals surface area contributed by atoms with Crippen molar-refractivity contribution in [3.05, 3.63) is 77.9 Å². The third kappa shape index (κ3) is 1.80. The summed E-state index contributed by atoms with van der Waals surface area (Å²) in [5, 5.41) is 11.6. The molecular weight excluding hydrogens is 268 g/mol. The van der Waals surface area contributed by atoms with E-state index in [1.807, 2.05) is 36.4 Å². The SMILES string of the molecule is Cc1ccc2c3ccc(C#N)cc3n(-c3ccccc3)c2c1. The molecule has 4 rings (SSSR count). The quantitative estimate of drug-likeness (QED) is 0.485. The van der Waals surface area contributed by atoms with E-state index in [9.17, 15) is 5.26 Å². The van der Waals surface area contributed by atoms with Gasteiger partial charge in [0.2, 0.25) is 0 Å². The van der Waals surface area contributed by atoms with Crippen molar-refractivity contribution in [2.24, 2.45) is 0 Å². The van der Waals surface area contributed by atoms with Crippen LogP contribution < -0.4 is 0 Å². The Morgan fingerprint density at radius 3 is 2.23 bits per heavy atom. The summed E-state index contributed by atoms with van der Waals surface area (Å²) in [6, 6.07) is 24.9. The zero-order valence-electron chi connectivity index (χ0n) is 12.2. The van der Waals surface area contributed by atoms with Gasteiger partial charge >= 0.3 is 0 Å². The highest BCUT2D eigenvalue weighted by molar-refractivity contribution is 6.09. The van der Waals surface area contributed by atoms with Crippen LogP contribution in [0.4, 0.5) is 0 Å². The molecule has 0 N–H and O–H groups in total. The summed E-state index contributed by atoms with van der Waals surface area (Å²) in [7, 11) is 0. The van der Waals surface area contributed by atoms with Gasteiger partial charge < -0.3 is 4.57 Å². The van der Waals surface area contributed by atoms with Crippen molar-refractivity contribution in [1.29, 1.82) is 5.26 Å². The lowest BCUT2D eigenvalue weighted by Gasteiger charge is -2.07. The number of fused-ring (bicyclic) bond motifs is 3. The normalized spacial score (nSPS) is 10.9. The number of hydrogen-bond acceptors (Lipinski definition) is 1. The maximum Gasteiger partial charge on any atom is 0.0992 e. The summed E-state index contributed by atoms with van der Waals surface area (Å²) in [5.74, 6) is 0. The fourth-order valence-electron chi connectivity index (χ4n) is 3.05. The van der Waals surface area contributed by atoms with Crippen LogP contribution in [-0.2, 0) is 0 Å². The van der Waals surface area contributed by atoms with Crippen LogP contribution in [0.25, 0.3) is 27.5 Å². The summed E-state index contributed by atoms with van der Waals surface area (Å²) >= 11 is 0. The highest BCUT2D eigenvalue weighted by Gasteiger charge is 2.12. The van der Waals surface area contributed by atoms with Crippen LogP contribution in [0.3, 0.4) is 0 Å². The zero-order chi connectivity index (χ0) is 15.1. The van der Waals surface area contributed by atoms with Crippen LogP contribution in [0.2, 0.25) is 0 Å². The Kier molecular flexibility index (Phi) is 2.74. The third-order valence-electron chi connectivity index (χ3n) is 4.07. The third-order valence-corrected chi connectivity index (χ3v) is 4.07. The van der Waals surface area contributed by atoms with Crippen molar-refractivity contribution in [1.82, 2.24) is 4.57 Å². The first-order valence-electron chi connectivity index (χ1n) is 7.28. The standard InChI is InChI=1S/C20H14N2/c1-14-7-9-17-18-10-8-15(13-21)12-20(18)22(19(17)11-14)16-5-3-2-4-6-16/h2-12H,1H3. The predicted octanol–water partition coefficient (Wildman–Crippen LogP) is 4.96. The molecule has 104 valence electrons. The Morgan fingerprint density at radius 1 is 0.818 bits per heavy atom. The van der Waals surface area contributed by atoms with Gasteiger partial charge in [-0.25, -0.2) is 0 Å². The lowest BCUT2D eigenvalue weighted by atomic mass is 10.1. The van der Waals surface area contributed by atoms with Crippen LogP contribution in [0.5, 0.6) is 0 Å². The van der Waals surface area contributed by atoms with E-state index in [-0.39, 0.29) is 0 Å². The van der Waals surface area contributed by atoms with E-state index >= 15 is 0 Å². The molecular formula is C20H14N2. The Hall–Kier alpha value is -3.05. The van der Waals surface area contributed by atoms with Crippen molar-refractivity contribution < 1.29 is 0 Å². The zero-order valence-corrected chi connectivity index (χ0v) is 12.2. The number of nitrogens with zero attached hydrogens (tertiary/aromatic N) is 2. The predicted molar refractivity (Wildman–Crippen MR) is 90.2 cm³/mol. The first-order chi connectivity index (χ1) is 10.8. The fourth-order valence-corrected chi connectivity index (χ4v) is 3.05. The summed E-state index contributed by atoms with van der Waals surface area (Å²) in [6.45, 7) is 2.10. The van der Waals surface area contributed by atoms with Crippen molar-refractivity contribution in [2.45, 2.75) is 6.92 Å². The second-order valence-electron chi connectivity index (χ2n) is 5.54. The number of nitriles is 1. The van der Waals surface area contributed by atoms with Crippen LogP contribution in [0.1, 0.15) is 11.1 Å². The minimum atomic E-state index is 0.684. The van der Waals surface area contributed by atoms with E-state index in [4.69, 9.17) is 0 Å². The van der Waals surface area contributed by atoms with E-state index in [0.717, 1.165) is 11.2 Å². The maximum atomic E-state index is 9.22. The number of aryl methyl sites for hydroxylation is 1. The molecule has 1 aromatic heterocycles. The van der Waals surface area contributed by atoms with Crippen molar-refractivity contribution in [2.75, 3.05) is 0 Å². The molecule has 0 aliphatic heterocycles. The van der Waals surface area contributed by atoms with Crippen molar-refractivity contribution in [3.63, 3.8) is 0 Å². The van der Waals surface area contributed by atoms with Gasteiger partial charge in [-0.3, -0.25) is 0 Å². The Balaban J connectivity index is 2.23. The highest BCUT2D eigenvalue weighted by atomic mass is 15.0. The first-order valence-corrected chi connectivity index (χ1v) is 7.28. The maximum absolute atomic E-state index is 9.22.